The molecule has 0 spiro atoms. The zero-order chi connectivity index (χ0) is 23.0. The number of hydrogen-bond acceptors (Lipinski definition) is 6. The van der Waals surface area contributed by atoms with Crippen molar-refractivity contribution >= 4 is 17.1 Å². The summed E-state index contributed by atoms with van der Waals surface area (Å²) in [6, 6.07) is 6.08. The van der Waals surface area contributed by atoms with Gasteiger partial charge in [-0.3, -0.25) is 14.3 Å². The van der Waals surface area contributed by atoms with E-state index in [2.05, 4.69) is 40.8 Å². The number of aromatic amines is 1. The molecule has 3 aromatic rings. The molecule has 1 aromatic carbocycles. The number of rotatable bonds is 7. The molecule has 0 aliphatic carbocycles. The molecule has 0 amide bonds. The number of imidazole rings is 1. The van der Waals surface area contributed by atoms with Gasteiger partial charge in [0, 0.05) is 20.1 Å². The van der Waals surface area contributed by atoms with Gasteiger partial charge in [0.15, 0.2) is 11.2 Å². The van der Waals surface area contributed by atoms with Crippen LogP contribution in [-0.4, -0.2) is 50.0 Å². The molecule has 1 fully saturated rings. The summed E-state index contributed by atoms with van der Waals surface area (Å²) in [6.07, 6.45) is 1.20. The van der Waals surface area contributed by atoms with E-state index in [9.17, 15) is 14.7 Å². The first-order valence-electron chi connectivity index (χ1n) is 11.1. The molecule has 0 saturated carbocycles. The minimum atomic E-state index is -0.870. The molecule has 4 rings (SSSR count). The number of fused-ring (bicyclic) bond motifs is 1. The number of nitrogens with zero attached hydrogens (tertiary/aromatic N) is 4. The smallest absolute Gasteiger partial charge is 0.329 e. The number of benzene rings is 1. The predicted octanol–water partition coefficient (Wildman–Crippen LogP) is 1.90. The number of hydrogen-bond donors (Lipinski definition) is 2. The van der Waals surface area contributed by atoms with Crippen molar-refractivity contribution < 1.29 is 9.84 Å². The van der Waals surface area contributed by atoms with E-state index in [0.29, 0.717) is 17.5 Å². The Bertz CT molecular complexity index is 1230. The van der Waals surface area contributed by atoms with Crippen molar-refractivity contribution in [1.82, 2.24) is 19.1 Å². The molecule has 1 aliphatic rings. The summed E-state index contributed by atoms with van der Waals surface area (Å²) in [6.45, 7) is 8.06. The zero-order valence-corrected chi connectivity index (χ0v) is 19.1. The minimum absolute atomic E-state index is 0.0754. The van der Waals surface area contributed by atoms with Gasteiger partial charge >= 0.3 is 5.69 Å². The monoisotopic (exact) mass is 441 g/mol. The minimum Gasteiger partial charge on any atom is -0.491 e. The van der Waals surface area contributed by atoms with Gasteiger partial charge < -0.3 is 19.3 Å². The molecular weight excluding hydrogens is 410 g/mol. The van der Waals surface area contributed by atoms with Gasteiger partial charge in [-0.25, -0.2) is 4.79 Å². The average Bonchev–Trinajstić information content (AvgIpc) is 3.38. The van der Waals surface area contributed by atoms with E-state index in [1.807, 2.05) is 13.0 Å². The number of aliphatic hydroxyl groups excluding tert-OH is 1. The highest BCUT2D eigenvalue weighted by Crippen LogP contribution is 2.28. The molecule has 32 heavy (non-hydrogen) atoms. The van der Waals surface area contributed by atoms with Crippen molar-refractivity contribution in [1.29, 1.82) is 0 Å². The summed E-state index contributed by atoms with van der Waals surface area (Å²) in [7, 11) is 1.58. The van der Waals surface area contributed by atoms with Crippen LogP contribution in [0.3, 0.4) is 0 Å². The topological polar surface area (TPSA) is 105 Å². The predicted molar refractivity (Wildman–Crippen MR) is 124 cm³/mol. The Kier molecular flexibility index (Phi) is 6.10. The fourth-order valence-corrected chi connectivity index (χ4v) is 4.25. The van der Waals surface area contributed by atoms with E-state index in [0.717, 1.165) is 42.8 Å². The van der Waals surface area contributed by atoms with Gasteiger partial charge in [-0.1, -0.05) is 26.0 Å². The molecule has 2 N–H and O–H groups in total. The van der Waals surface area contributed by atoms with Crippen molar-refractivity contribution in [3.63, 3.8) is 0 Å². The largest absolute Gasteiger partial charge is 0.491 e. The molecule has 9 heteroatoms. The number of H-pyrrole nitrogens is 1. The Balaban J connectivity index is 1.64. The lowest BCUT2D eigenvalue weighted by Crippen LogP contribution is -2.31. The number of aryl methyl sites for hydroxylation is 2. The lowest BCUT2D eigenvalue weighted by molar-refractivity contribution is 0.0930. The maximum atomic E-state index is 12.7. The summed E-state index contributed by atoms with van der Waals surface area (Å²) in [5.74, 6) is 1.65. The van der Waals surface area contributed by atoms with Crippen molar-refractivity contribution in [2.75, 3.05) is 24.6 Å². The number of aromatic nitrogens is 4. The van der Waals surface area contributed by atoms with Gasteiger partial charge in [-0.05, 0) is 42.9 Å². The molecule has 1 aliphatic heterocycles. The fourth-order valence-electron chi connectivity index (χ4n) is 4.25. The molecule has 1 atom stereocenters. The highest BCUT2D eigenvalue weighted by Gasteiger charge is 2.25. The maximum absolute atomic E-state index is 12.7. The van der Waals surface area contributed by atoms with E-state index in [4.69, 9.17) is 4.74 Å². The highest BCUT2D eigenvalue weighted by atomic mass is 16.5. The summed E-state index contributed by atoms with van der Waals surface area (Å²) in [4.78, 5) is 33.8. The van der Waals surface area contributed by atoms with Crippen molar-refractivity contribution in [2.45, 2.75) is 52.2 Å². The Morgan fingerprint density at radius 2 is 1.94 bits per heavy atom. The molecule has 2 aromatic heterocycles. The first-order valence-corrected chi connectivity index (χ1v) is 11.1. The van der Waals surface area contributed by atoms with Crippen LogP contribution in [0.1, 0.15) is 43.7 Å². The maximum Gasteiger partial charge on any atom is 0.329 e. The normalized spacial score (nSPS) is 15.1. The molecule has 0 unspecified atom stereocenters. The summed E-state index contributed by atoms with van der Waals surface area (Å²) < 4.78 is 9.05. The Morgan fingerprint density at radius 1 is 1.22 bits per heavy atom. The second-order valence-electron chi connectivity index (χ2n) is 8.87. The van der Waals surface area contributed by atoms with Crippen molar-refractivity contribution in [3.05, 3.63) is 50.2 Å². The molecule has 0 radical (unpaired) electrons. The molecule has 0 bridgehead atoms. The van der Waals surface area contributed by atoms with Crippen LogP contribution in [0.5, 0.6) is 5.75 Å². The van der Waals surface area contributed by atoms with Crippen LogP contribution in [0, 0.1) is 6.92 Å². The van der Waals surface area contributed by atoms with Crippen LogP contribution in [-0.2, 0) is 13.6 Å². The molecule has 3 heterocycles. The Morgan fingerprint density at radius 3 is 2.62 bits per heavy atom. The highest BCUT2D eigenvalue weighted by molar-refractivity contribution is 5.74. The van der Waals surface area contributed by atoms with Crippen LogP contribution in [0.4, 0.5) is 5.95 Å². The number of nitrogens with one attached hydrogen (secondary N) is 1. The van der Waals surface area contributed by atoms with Crippen LogP contribution < -0.4 is 20.9 Å². The number of anilines is 1. The molecule has 9 nitrogen and oxygen atoms in total. The lowest BCUT2D eigenvalue weighted by Gasteiger charge is -2.21. The quantitative estimate of drug-likeness (QED) is 0.580. The Labute approximate surface area is 186 Å². The number of ether oxygens (including phenoxy) is 1. The first-order chi connectivity index (χ1) is 15.3. The third-order valence-electron chi connectivity index (χ3n) is 5.99. The van der Waals surface area contributed by atoms with E-state index >= 15 is 0 Å². The molecule has 1 saturated heterocycles. The average molecular weight is 442 g/mol. The summed E-state index contributed by atoms with van der Waals surface area (Å²) in [5, 5.41) is 10.8. The first kappa shape index (κ1) is 22.1. The van der Waals surface area contributed by atoms with Gasteiger partial charge in [-0.2, -0.15) is 4.98 Å². The van der Waals surface area contributed by atoms with Crippen molar-refractivity contribution in [3.8, 4) is 5.75 Å². The summed E-state index contributed by atoms with van der Waals surface area (Å²) >= 11 is 0. The van der Waals surface area contributed by atoms with Gasteiger partial charge in [0.1, 0.15) is 18.5 Å². The van der Waals surface area contributed by atoms with Crippen LogP contribution in [0.25, 0.3) is 11.2 Å². The van der Waals surface area contributed by atoms with Crippen LogP contribution in [0.15, 0.2) is 27.8 Å². The SMILES string of the molecule is Cc1ccc(C(C)C)c(OC[C@@H](O)Cn2c(N3CCCC3)nc3c2c(=O)[nH]c(=O)n3C)c1. The van der Waals surface area contributed by atoms with Crippen molar-refractivity contribution in [2.24, 2.45) is 7.05 Å². The van der Waals surface area contributed by atoms with Gasteiger partial charge in [0.2, 0.25) is 5.95 Å². The molecule has 172 valence electrons. The van der Waals surface area contributed by atoms with Crippen LogP contribution in [0.2, 0.25) is 0 Å². The fraction of sp³-hybridized carbons (Fsp3) is 0.522. The van der Waals surface area contributed by atoms with Gasteiger partial charge in [-0.15, -0.1) is 0 Å². The summed E-state index contributed by atoms with van der Waals surface area (Å²) in [5.41, 5.74) is 1.75. The number of aliphatic hydroxyl groups is 1. The standard InChI is InChI=1S/C23H31N5O4/c1-14(2)17-8-7-15(3)11-18(17)32-13-16(29)12-28-19-20(26(4)23(31)25-21(19)30)24-22(28)27-9-5-6-10-27/h7-8,11,14,16,29H,5-6,9-10,12-13H2,1-4H3,(H,25,30,31)/t16-/m0/s1. The van der Waals surface area contributed by atoms with Crippen LogP contribution >= 0.6 is 0 Å². The van der Waals surface area contributed by atoms with Gasteiger partial charge in [0.25, 0.3) is 5.56 Å². The molecular formula is C23H31N5O4. The Hall–Kier alpha value is -3.07. The second kappa shape index (κ2) is 8.82. The third kappa shape index (κ3) is 4.17. The van der Waals surface area contributed by atoms with E-state index in [1.165, 1.54) is 4.57 Å². The van der Waals surface area contributed by atoms with E-state index in [-0.39, 0.29) is 18.7 Å². The van der Waals surface area contributed by atoms with E-state index in [1.54, 1.807) is 11.6 Å². The van der Waals surface area contributed by atoms with Gasteiger partial charge in [0.05, 0.1) is 6.54 Å². The third-order valence-corrected chi connectivity index (χ3v) is 5.99. The van der Waals surface area contributed by atoms with E-state index < -0.39 is 17.4 Å². The second-order valence-corrected chi connectivity index (χ2v) is 8.87. The zero-order valence-electron chi connectivity index (χ0n) is 19.1. The lowest BCUT2D eigenvalue weighted by atomic mass is 10.0.